The first-order valence-electron chi connectivity index (χ1n) is 8.71. The van der Waals surface area contributed by atoms with Crippen molar-refractivity contribution in [2.75, 3.05) is 6.54 Å². The Morgan fingerprint density at radius 1 is 0.741 bits per heavy atom. The molecule has 0 spiro atoms. The highest BCUT2D eigenvalue weighted by atomic mass is 35.5. The molecular weight excluding hydrogens is 401 g/mol. The van der Waals surface area contributed by atoms with Crippen LogP contribution in [0.1, 0.15) is 16.7 Å². The van der Waals surface area contributed by atoms with Gasteiger partial charge < -0.3 is 10.1 Å². The van der Waals surface area contributed by atoms with E-state index in [1.54, 1.807) is 0 Å². The molecule has 0 aromatic heterocycles. The summed E-state index contributed by atoms with van der Waals surface area (Å²) in [5, 5.41) is 5.60. The van der Waals surface area contributed by atoms with Gasteiger partial charge in [0.15, 0.2) is 0 Å². The van der Waals surface area contributed by atoms with E-state index in [4.69, 9.17) is 39.5 Å². The molecule has 0 bridgehead atoms. The maximum Gasteiger partial charge on any atom is 0.124 e. The Kier molecular flexibility index (Phi) is 7.42. The topological polar surface area (TPSA) is 21.3 Å². The summed E-state index contributed by atoms with van der Waals surface area (Å²) in [5.74, 6) is 0.818. The molecule has 3 aromatic rings. The van der Waals surface area contributed by atoms with Crippen LogP contribution in [-0.2, 0) is 19.6 Å². The molecular formula is C22H20Cl3NO. The zero-order valence-corrected chi connectivity index (χ0v) is 17.0. The highest BCUT2D eigenvalue weighted by molar-refractivity contribution is 6.31. The minimum Gasteiger partial charge on any atom is -0.489 e. The molecule has 0 fully saturated rings. The van der Waals surface area contributed by atoms with Gasteiger partial charge in [-0.15, -0.1) is 0 Å². The Labute approximate surface area is 175 Å². The summed E-state index contributed by atoms with van der Waals surface area (Å²) in [7, 11) is 0. The molecule has 0 radical (unpaired) electrons. The van der Waals surface area contributed by atoms with Crippen molar-refractivity contribution >= 4 is 34.8 Å². The smallest absolute Gasteiger partial charge is 0.124 e. The van der Waals surface area contributed by atoms with Crippen LogP contribution in [0.3, 0.4) is 0 Å². The molecule has 140 valence electrons. The monoisotopic (exact) mass is 419 g/mol. The van der Waals surface area contributed by atoms with Crippen LogP contribution >= 0.6 is 34.8 Å². The lowest BCUT2D eigenvalue weighted by Gasteiger charge is -2.13. The van der Waals surface area contributed by atoms with Gasteiger partial charge in [-0.2, -0.15) is 0 Å². The molecule has 0 saturated carbocycles. The summed E-state index contributed by atoms with van der Waals surface area (Å²) in [6, 6.07) is 21.3. The van der Waals surface area contributed by atoms with Crippen LogP contribution in [-0.4, -0.2) is 6.54 Å². The third-order valence-electron chi connectivity index (χ3n) is 4.13. The van der Waals surface area contributed by atoms with Crippen molar-refractivity contribution in [1.29, 1.82) is 0 Å². The van der Waals surface area contributed by atoms with E-state index < -0.39 is 0 Å². The maximum atomic E-state index is 6.16. The van der Waals surface area contributed by atoms with Crippen LogP contribution in [0.15, 0.2) is 66.7 Å². The Balaban J connectivity index is 1.56. The fourth-order valence-corrected chi connectivity index (χ4v) is 3.26. The van der Waals surface area contributed by atoms with Gasteiger partial charge in [0.2, 0.25) is 0 Å². The maximum absolute atomic E-state index is 6.16. The average Bonchev–Trinajstić information content (AvgIpc) is 2.66. The second kappa shape index (κ2) is 10.0. The standard InChI is InChI=1S/C22H20Cl3NO/c23-19-6-4-16(5-7-19)10-11-26-14-18-13-21(25)8-9-22(18)27-15-17-2-1-3-20(24)12-17/h1-9,12-13,26H,10-11,14-15H2. The molecule has 1 N–H and O–H groups in total. The molecule has 27 heavy (non-hydrogen) atoms. The van der Waals surface area contributed by atoms with Crippen molar-refractivity contribution in [3.8, 4) is 5.75 Å². The van der Waals surface area contributed by atoms with E-state index in [0.29, 0.717) is 23.2 Å². The van der Waals surface area contributed by atoms with Crippen LogP contribution in [0.2, 0.25) is 15.1 Å². The van der Waals surface area contributed by atoms with Gasteiger partial charge >= 0.3 is 0 Å². The minimum absolute atomic E-state index is 0.458. The third-order valence-corrected chi connectivity index (χ3v) is 4.85. The molecule has 0 aliphatic rings. The Morgan fingerprint density at radius 3 is 2.26 bits per heavy atom. The van der Waals surface area contributed by atoms with E-state index in [9.17, 15) is 0 Å². The zero-order valence-electron chi connectivity index (χ0n) is 14.7. The Morgan fingerprint density at radius 2 is 1.48 bits per heavy atom. The predicted molar refractivity (Wildman–Crippen MR) is 114 cm³/mol. The molecule has 0 heterocycles. The van der Waals surface area contributed by atoms with E-state index in [1.807, 2.05) is 66.7 Å². The molecule has 0 aliphatic heterocycles. The minimum atomic E-state index is 0.458. The van der Waals surface area contributed by atoms with E-state index in [1.165, 1.54) is 5.56 Å². The Hall–Kier alpha value is -1.71. The SMILES string of the molecule is Clc1ccc(CCNCc2cc(Cl)ccc2OCc2cccc(Cl)c2)cc1. The van der Waals surface area contributed by atoms with Crippen LogP contribution in [0.4, 0.5) is 0 Å². The fourth-order valence-electron chi connectivity index (χ4n) is 2.72. The van der Waals surface area contributed by atoms with Crippen molar-refractivity contribution in [3.05, 3.63) is 98.5 Å². The first-order chi connectivity index (χ1) is 13.1. The van der Waals surface area contributed by atoms with Crippen molar-refractivity contribution < 1.29 is 4.74 Å². The van der Waals surface area contributed by atoms with Gasteiger partial charge in [-0.3, -0.25) is 0 Å². The highest BCUT2D eigenvalue weighted by Crippen LogP contribution is 2.24. The first kappa shape index (κ1) is 20.0. The third kappa shape index (κ3) is 6.44. The molecule has 3 rings (SSSR count). The lowest BCUT2D eigenvalue weighted by atomic mass is 10.1. The van der Waals surface area contributed by atoms with E-state index >= 15 is 0 Å². The summed E-state index contributed by atoms with van der Waals surface area (Å²) in [6.45, 7) is 1.99. The second-order valence-corrected chi connectivity index (χ2v) is 7.53. The van der Waals surface area contributed by atoms with E-state index in [0.717, 1.165) is 34.9 Å². The van der Waals surface area contributed by atoms with Gasteiger partial charge in [-0.1, -0.05) is 59.1 Å². The van der Waals surface area contributed by atoms with Crippen LogP contribution < -0.4 is 10.1 Å². The number of benzene rings is 3. The van der Waals surface area contributed by atoms with Crippen LogP contribution in [0.5, 0.6) is 5.75 Å². The molecule has 5 heteroatoms. The lowest BCUT2D eigenvalue weighted by molar-refractivity contribution is 0.302. The van der Waals surface area contributed by atoms with Gasteiger partial charge in [-0.25, -0.2) is 0 Å². The highest BCUT2D eigenvalue weighted by Gasteiger charge is 2.06. The van der Waals surface area contributed by atoms with Crippen molar-refractivity contribution in [2.24, 2.45) is 0 Å². The summed E-state index contributed by atoms with van der Waals surface area (Å²) >= 11 is 18.1. The number of hydrogen-bond acceptors (Lipinski definition) is 2. The van der Waals surface area contributed by atoms with E-state index in [2.05, 4.69) is 5.32 Å². The molecule has 0 aliphatic carbocycles. The number of rotatable bonds is 8. The zero-order chi connectivity index (χ0) is 19.1. The van der Waals surface area contributed by atoms with Gasteiger partial charge in [-0.05, 0) is 66.6 Å². The lowest BCUT2D eigenvalue weighted by Crippen LogP contribution is -2.17. The summed E-state index contributed by atoms with van der Waals surface area (Å²) in [5.41, 5.74) is 3.30. The second-order valence-electron chi connectivity index (χ2n) is 6.22. The van der Waals surface area contributed by atoms with Crippen LogP contribution in [0, 0.1) is 0 Å². The van der Waals surface area contributed by atoms with Gasteiger partial charge in [0, 0.05) is 27.2 Å². The predicted octanol–water partition coefficient (Wildman–Crippen LogP) is 6.56. The number of halogens is 3. The first-order valence-corrected chi connectivity index (χ1v) is 9.84. The normalized spacial score (nSPS) is 10.8. The van der Waals surface area contributed by atoms with Gasteiger partial charge in [0.1, 0.15) is 12.4 Å². The molecule has 0 unspecified atom stereocenters. The Bertz CT molecular complexity index is 881. The van der Waals surface area contributed by atoms with Crippen molar-refractivity contribution in [3.63, 3.8) is 0 Å². The molecule has 0 amide bonds. The van der Waals surface area contributed by atoms with Crippen molar-refractivity contribution in [2.45, 2.75) is 19.6 Å². The molecule has 2 nitrogen and oxygen atoms in total. The van der Waals surface area contributed by atoms with Crippen LogP contribution in [0.25, 0.3) is 0 Å². The number of ether oxygens (including phenoxy) is 1. The summed E-state index contributed by atoms with van der Waals surface area (Å²) < 4.78 is 5.99. The summed E-state index contributed by atoms with van der Waals surface area (Å²) in [6.07, 6.45) is 0.927. The average molecular weight is 421 g/mol. The van der Waals surface area contributed by atoms with Gasteiger partial charge in [0.05, 0.1) is 0 Å². The molecule has 0 saturated heterocycles. The number of nitrogens with one attached hydrogen (secondary N) is 1. The fraction of sp³-hybridized carbons (Fsp3) is 0.182. The van der Waals surface area contributed by atoms with Gasteiger partial charge in [0.25, 0.3) is 0 Å². The number of hydrogen-bond donors (Lipinski definition) is 1. The molecule has 3 aromatic carbocycles. The summed E-state index contributed by atoms with van der Waals surface area (Å²) in [4.78, 5) is 0. The van der Waals surface area contributed by atoms with E-state index in [-0.39, 0.29) is 0 Å². The largest absolute Gasteiger partial charge is 0.489 e. The quantitative estimate of drug-likeness (QED) is 0.417. The molecule has 0 atom stereocenters. The van der Waals surface area contributed by atoms with Crippen molar-refractivity contribution in [1.82, 2.24) is 5.32 Å².